The molecule has 0 bridgehead atoms. The number of ether oxygens (including phenoxy) is 1. The maximum Gasteiger partial charge on any atom is 0.302 e. The summed E-state index contributed by atoms with van der Waals surface area (Å²) in [5.74, 6) is -0.545. The number of esters is 1. The highest BCUT2D eigenvalue weighted by atomic mass is 16.5. The lowest BCUT2D eigenvalue weighted by atomic mass is 9.62. The van der Waals surface area contributed by atoms with Gasteiger partial charge in [0.15, 0.2) is 0 Å². The Morgan fingerprint density at radius 2 is 1.96 bits per heavy atom. The number of hydrogen-bond donors (Lipinski definition) is 1. The monoisotopic (exact) mass is 360 g/mol. The number of ketones is 1. The third kappa shape index (κ3) is 2.52. The lowest BCUT2D eigenvalue weighted by Crippen LogP contribution is -2.50. The molecule has 3 aliphatic carbocycles. The van der Waals surface area contributed by atoms with E-state index < -0.39 is 22.5 Å². The quantitative estimate of drug-likeness (QED) is 0.760. The maximum absolute atomic E-state index is 13.4. The Labute approximate surface area is 156 Å². The predicted octanol–water partition coefficient (Wildman–Crippen LogP) is 3.83. The summed E-state index contributed by atoms with van der Waals surface area (Å²) in [5.41, 5.74) is -0.974. The highest BCUT2D eigenvalue weighted by molar-refractivity contribution is 5.88. The van der Waals surface area contributed by atoms with Crippen molar-refractivity contribution in [2.75, 3.05) is 0 Å². The van der Waals surface area contributed by atoms with Crippen molar-refractivity contribution in [1.82, 2.24) is 0 Å². The first-order valence-corrected chi connectivity index (χ1v) is 9.75. The molecule has 0 spiro atoms. The fourth-order valence-electron chi connectivity index (χ4n) is 5.90. The number of fused-ring (bicyclic) bond motifs is 2. The molecule has 3 aliphatic rings. The fourth-order valence-corrected chi connectivity index (χ4v) is 5.90. The molecule has 0 amide bonds. The summed E-state index contributed by atoms with van der Waals surface area (Å²) in [5, 5.41) is 11.5. The van der Waals surface area contributed by atoms with Crippen LogP contribution in [0.4, 0.5) is 0 Å². The molecule has 2 fully saturated rings. The van der Waals surface area contributed by atoms with Gasteiger partial charge < -0.3 is 9.84 Å². The zero-order valence-corrected chi connectivity index (χ0v) is 16.8. The SMILES string of the molecule is CC(=O)O[C@@H]1[C@H]2C(C)=CC=C[C@]2(C)C(=O)C[C@H]2[C@@]1(C)CC[C@]2(O)C(C)C. The lowest BCUT2D eigenvalue weighted by molar-refractivity contribution is -0.164. The van der Waals surface area contributed by atoms with E-state index in [4.69, 9.17) is 4.74 Å². The first kappa shape index (κ1) is 19.3. The second-order valence-corrected chi connectivity index (χ2v) is 9.39. The zero-order valence-electron chi connectivity index (χ0n) is 16.8. The maximum atomic E-state index is 13.4. The molecule has 0 saturated heterocycles. The molecule has 0 unspecified atom stereocenters. The Bertz CT molecular complexity index is 690. The van der Waals surface area contributed by atoms with Crippen molar-refractivity contribution in [1.29, 1.82) is 0 Å². The minimum atomic E-state index is -0.909. The van der Waals surface area contributed by atoms with Gasteiger partial charge in [0.05, 0.1) is 11.0 Å². The molecule has 0 aromatic carbocycles. The molecule has 0 aromatic heterocycles. The molecule has 26 heavy (non-hydrogen) atoms. The van der Waals surface area contributed by atoms with Crippen LogP contribution in [0, 0.1) is 28.6 Å². The highest BCUT2D eigenvalue weighted by Gasteiger charge is 2.66. The average Bonchev–Trinajstić information content (AvgIpc) is 2.76. The van der Waals surface area contributed by atoms with Crippen molar-refractivity contribution in [2.45, 2.75) is 72.5 Å². The Balaban J connectivity index is 2.20. The van der Waals surface area contributed by atoms with Gasteiger partial charge in [-0.3, -0.25) is 9.59 Å². The molecule has 4 heteroatoms. The smallest absolute Gasteiger partial charge is 0.302 e. The molecule has 0 heterocycles. The first-order chi connectivity index (χ1) is 12.0. The number of Topliss-reactive ketones (excluding diaryl/α,β-unsaturated/α-hetero) is 1. The van der Waals surface area contributed by atoms with Gasteiger partial charge in [0.25, 0.3) is 0 Å². The van der Waals surface area contributed by atoms with Gasteiger partial charge in [0, 0.05) is 30.6 Å². The summed E-state index contributed by atoms with van der Waals surface area (Å²) in [6, 6.07) is 0. The summed E-state index contributed by atoms with van der Waals surface area (Å²) >= 11 is 0. The van der Waals surface area contributed by atoms with Crippen LogP contribution in [-0.2, 0) is 14.3 Å². The van der Waals surface area contributed by atoms with E-state index in [-0.39, 0.29) is 29.5 Å². The molecule has 3 rings (SSSR count). The van der Waals surface area contributed by atoms with Gasteiger partial charge in [-0.2, -0.15) is 0 Å². The number of carbonyl (C=O) groups excluding carboxylic acids is 2. The third-order valence-corrected chi connectivity index (χ3v) is 7.64. The van der Waals surface area contributed by atoms with Crippen molar-refractivity contribution in [3.05, 3.63) is 23.8 Å². The van der Waals surface area contributed by atoms with E-state index in [1.807, 2.05) is 45.9 Å². The van der Waals surface area contributed by atoms with Gasteiger partial charge in [-0.15, -0.1) is 0 Å². The van der Waals surface area contributed by atoms with E-state index in [0.29, 0.717) is 12.8 Å². The number of carbonyl (C=O) groups is 2. The highest BCUT2D eigenvalue weighted by Crippen LogP contribution is 2.62. The molecular formula is C22H32O4. The molecular weight excluding hydrogens is 328 g/mol. The number of aliphatic hydroxyl groups is 1. The second kappa shape index (κ2) is 6.05. The van der Waals surface area contributed by atoms with E-state index in [0.717, 1.165) is 12.0 Å². The molecule has 6 atom stereocenters. The van der Waals surface area contributed by atoms with Crippen molar-refractivity contribution >= 4 is 11.8 Å². The van der Waals surface area contributed by atoms with E-state index >= 15 is 0 Å². The molecule has 1 N–H and O–H groups in total. The Morgan fingerprint density at radius 3 is 2.54 bits per heavy atom. The second-order valence-electron chi connectivity index (χ2n) is 9.39. The van der Waals surface area contributed by atoms with Crippen LogP contribution in [0.25, 0.3) is 0 Å². The summed E-state index contributed by atoms with van der Waals surface area (Å²) in [6.07, 6.45) is 7.21. The van der Waals surface area contributed by atoms with Crippen LogP contribution in [-0.4, -0.2) is 28.6 Å². The molecule has 0 aromatic rings. The van der Waals surface area contributed by atoms with E-state index in [2.05, 4.69) is 6.92 Å². The zero-order chi connectivity index (χ0) is 19.5. The Morgan fingerprint density at radius 1 is 1.31 bits per heavy atom. The Kier molecular flexibility index (Phi) is 4.50. The van der Waals surface area contributed by atoms with E-state index in [1.54, 1.807) is 0 Å². The minimum Gasteiger partial charge on any atom is -0.461 e. The van der Waals surface area contributed by atoms with Crippen molar-refractivity contribution in [2.24, 2.45) is 28.6 Å². The van der Waals surface area contributed by atoms with Crippen LogP contribution in [0.1, 0.15) is 60.8 Å². The molecule has 144 valence electrons. The van der Waals surface area contributed by atoms with Gasteiger partial charge in [0.2, 0.25) is 0 Å². The summed E-state index contributed by atoms with van der Waals surface area (Å²) in [6.45, 7) is 11.6. The lowest BCUT2D eigenvalue weighted by Gasteiger charge is -2.46. The largest absolute Gasteiger partial charge is 0.461 e. The van der Waals surface area contributed by atoms with Crippen molar-refractivity contribution < 1.29 is 19.4 Å². The standard InChI is InChI=1S/C22H32O4/c1-13(2)22(25)11-10-20(5)16(22)12-17(24)21(6)9-7-8-14(3)18(21)19(20)26-15(4)23/h7-9,13,16,18-19,25H,10-12H2,1-6H3/t16-,18+,19+,20+,21+,22-/m0/s1. The average molecular weight is 360 g/mol. The predicted molar refractivity (Wildman–Crippen MR) is 100 cm³/mol. The number of allylic oxidation sites excluding steroid dienone is 3. The topological polar surface area (TPSA) is 63.6 Å². The van der Waals surface area contributed by atoms with Crippen LogP contribution >= 0.6 is 0 Å². The summed E-state index contributed by atoms with van der Waals surface area (Å²) in [4.78, 5) is 25.4. The third-order valence-electron chi connectivity index (χ3n) is 7.64. The fraction of sp³-hybridized carbons (Fsp3) is 0.727. The van der Waals surface area contributed by atoms with Crippen LogP contribution in [0.3, 0.4) is 0 Å². The van der Waals surface area contributed by atoms with Gasteiger partial charge in [-0.25, -0.2) is 0 Å². The number of hydrogen-bond acceptors (Lipinski definition) is 4. The van der Waals surface area contributed by atoms with Crippen LogP contribution in [0.2, 0.25) is 0 Å². The molecule has 2 saturated carbocycles. The minimum absolute atomic E-state index is 0.0419. The van der Waals surface area contributed by atoms with Crippen LogP contribution in [0.15, 0.2) is 23.8 Å². The van der Waals surface area contributed by atoms with Gasteiger partial charge in [-0.05, 0) is 32.6 Å². The van der Waals surface area contributed by atoms with Gasteiger partial charge in [-0.1, -0.05) is 44.6 Å². The van der Waals surface area contributed by atoms with Crippen LogP contribution < -0.4 is 0 Å². The van der Waals surface area contributed by atoms with Crippen LogP contribution in [0.5, 0.6) is 0 Å². The normalized spacial score (nSPS) is 45.0. The van der Waals surface area contributed by atoms with E-state index in [1.165, 1.54) is 6.92 Å². The Hall–Kier alpha value is -1.42. The first-order valence-electron chi connectivity index (χ1n) is 9.75. The van der Waals surface area contributed by atoms with Gasteiger partial charge >= 0.3 is 5.97 Å². The van der Waals surface area contributed by atoms with Crippen molar-refractivity contribution in [3.63, 3.8) is 0 Å². The summed E-state index contributed by atoms with van der Waals surface area (Å²) < 4.78 is 5.94. The number of rotatable bonds is 2. The van der Waals surface area contributed by atoms with Gasteiger partial charge in [0.1, 0.15) is 11.9 Å². The molecule has 0 radical (unpaired) electrons. The molecule has 4 nitrogen and oxygen atoms in total. The molecule has 0 aliphatic heterocycles. The van der Waals surface area contributed by atoms with E-state index in [9.17, 15) is 14.7 Å². The van der Waals surface area contributed by atoms with Crippen molar-refractivity contribution in [3.8, 4) is 0 Å². The summed E-state index contributed by atoms with van der Waals surface area (Å²) in [7, 11) is 0.